The molecule has 0 fully saturated rings. The number of benzene rings is 2. The van der Waals surface area contributed by atoms with Crippen LogP contribution in [0.5, 0.6) is 0 Å². The van der Waals surface area contributed by atoms with Gasteiger partial charge >= 0.3 is 6.18 Å². The molecule has 0 radical (unpaired) electrons. The number of carbonyl (C=O) groups excluding carboxylic acids is 1. The molecule has 2 aromatic rings. The Hall–Kier alpha value is -2.54. The Bertz CT molecular complexity index is 834. The number of nitrogens with one attached hydrogen (secondary N) is 2. The van der Waals surface area contributed by atoms with Crippen molar-refractivity contribution in [3.8, 4) is 11.1 Å². The van der Waals surface area contributed by atoms with E-state index in [0.717, 1.165) is 6.07 Å². The number of nitrogens with two attached hydrogens (primary N) is 1. The fourth-order valence-electron chi connectivity index (χ4n) is 2.41. The van der Waals surface area contributed by atoms with Gasteiger partial charge in [0.2, 0.25) is 5.91 Å². The van der Waals surface area contributed by atoms with Gasteiger partial charge in [-0.15, -0.1) is 0 Å². The van der Waals surface area contributed by atoms with Crippen LogP contribution in [-0.4, -0.2) is 11.7 Å². The molecule has 0 saturated heterocycles. The molecule has 0 saturated carbocycles. The van der Waals surface area contributed by atoms with E-state index in [2.05, 4.69) is 5.32 Å². The molecule has 0 aromatic heterocycles. The van der Waals surface area contributed by atoms with Gasteiger partial charge < -0.3 is 11.1 Å². The summed E-state index contributed by atoms with van der Waals surface area (Å²) in [6.07, 6.45) is -4.68. The zero-order valence-corrected chi connectivity index (χ0v) is 13.9. The molecular formula is C17H15ClF3N3O. The number of halogens is 4. The van der Waals surface area contributed by atoms with E-state index in [4.69, 9.17) is 22.7 Å². The molecule has 0 heterocycles. The zero-order valence-electron chi connectivity index (χ0n) is 13.2. The van der Waals surface area contributed by atoms with Gasteiger partial charge in [0, 0.05) is 28.3 Å². The second-order valence-electron chi connectivity index (χ2n) is 5.23. The molecule has 4 N–H and O–H groups in total. The predicted octanol–water partition coefficient (Wildman–Crippen LogP) is 4.66. The number of hydrogen-bond donors (Lipinski definition) is 3. The molecule has 0 atom stereocenters. The number of carbonyl (C=O) groups is 1. The largest absolute Gasteiger partial charge is 0.417 e. The van der Waals surface area contributed by atoms with Gasteiger partial charge in [0.1, 0.15) is 5.84 Å². The van der Waals surface area contributed by atoms with Crippen LogP contribution in [0.15, 0.2) is 36.4 Å². The van der Waals surface area contributed by atoms with Crippen molar-refractivity contribution in [3.63, 3.8) is 0 Å². The molecule has 8 heteroatoms. The number of alkyl halides is 3. The van der Waals surface area contributed by atoms with E-state index in [1.807, 2.05) is 0 Å². The predicted molar refractivity (Wildman–Crippen MR) is 91.8 cm³/mol. The van der Waals surface area contributed by atoms with Crippen LogP contribution in [-0.2, 0) is 11.0 Å². The minimum atomic E-state index is -4.79. The Balaban J connectivity index is 2.87. The van der Waals surface area contributed by atoms with Crippen molar-refractivity contribution in [2.24, 2.45) is 5.73 Å². The molecule has 4 nitrogen and oxygen atoms in total. The van der Waals surface area contributed by atoms with Gasteiger partial charge in [-0.25, -0.2) is 0 Å². The first kappa shape index (κ1) is 18.8. The van der Waals surface area contributed by atoms with Crippen molar-refractivity contribution in [2.75, 3.05) is 5.32 Å². The first-order chi connectivity index (χ1) is 11.6. The summed E-state index contributed by atoms with van der Waals surface area (Å²) in [5.74, 6) is -1.16. The lowest BCUT2D eigenvalue weighted by Crippen LogP contribution is -2.21. The lowest BCUT2D eigenvalue weighted by Gasteiger charge is -2.21. The lowest BCUT2D eigenvalue weighted by atomic mass is 9.92. The highest BCUT2D eigenvalue weighted by Gasteiger charge is 2.38. The van der Waals surface area contributed by atoms with E-state index >= 15 is 0 Å². The van der Waals surface area contributed by atoms with E-state index < -0.39 is 29.0 Å². The Morgan fingerprint density at radius 3 is 2.48 bits per heavy atom. The van der Waals surface area contributed by atoms with E-state index in [9.17, 15) is 18.0 Å². The number of amidine groups is 1. The molecule has 0 aliphatic rings. The summed E-state index contributed by atoms with van der Waals surface area (Å²) in [4.78, 5) is 11.7. The number of nitrogen functional groups attached to an aromatic ring is 1. The molecule has 25 heavy (non-hydrogen) atoms. The molecular weight excluding hydrogens is 355 g/mol. The highest BCUT2D eigenvalue weighted by atomic mass is 35.5. The van der Waals surface area contributed by atoms with Crippen molar-refractivity contribution < 1.29 is 18.0 Å². The molecule has 0 aliphatic carbocycles. The third-order valence-corrected chi connectivity index (χ3v) is 3.72. The van der Waals surface area contributed by atoms with Crippen LogP contribution >= 0.6 is 11.6 Å². The summed E-state index contributed by atoms with van der Waals surface area (Å²) in [5, 5.41) is 10.2. The van der Waals surface area contributed by atoms with Crippen LogP contribution in [0.4, 0.5) is 18.9 Å². The van der Waals surface area contributed by atoms with Crippen LogP contribution < -0.4 is 11.1 Å². The van der Waals surface area contributed by atoms with Crippen LogP contribution in [0.25, 0.3) is 11.1 Å². The Kier molecular flexibility index (Phi) is 5.37. The SMILES string of the molecule is CCC(=O)Nc1ccc(C(=N)N)c(C(F)(F)F)c1-c1cccc(Cl)c1. The summed E-state index contributed by atoms with van der Waals surface area (Å²) in [7, 11) is 0. The third kappa shape index (κ3) is 4.11. The Morgan fingerprint density at radius 1 is 1.28 bits per heavy atom. The van der Waals surface area contributed by atoms with Crippen molar-refractivity contribution in [2.45, 2.75) is 19.5 Å². The van der Waals surface area contributed by atoms with E-state index in [1.54, 1.807) is 6.92 Å². The average Bonchev–Trinajstić information content (AvgIpc) is 2.53. The summed E-state index contributed by atoms with van der Waals surface area (Å²) in [5.41, 5.74) is 3.65. The Morgan fingerprint density at radius 2 is 1.96 bits per heavy atom. The molecule has 132 valence electrons. The highest BCUT2D eigenvalue weighted by Crippen LogP contribution is 2.43. The van der Waals surface area contributed by atoms with Gasteiger partial charge in [0.15, 0.2) is 0 Å². The van der Waals surface area contributed by atoms with Crippen molar-refractivity contribution in [1.82, 2.24) is 0 Å². The summed E-state index contributed by atoms with van der Waals surface area (Å²) in [6.45, 7) is 1.59. The maximum Gasteiger partial charge on any atom is 0.417 e. The van der Waals surface area contributed by atoms with Crippen LogP contribution in [0.2, 0.25) is 5.02 Å². The first-order valence-corrected chi connectivity index (χ1v) is 7.67. The molecule has 2 rings (SSSR count). The second-order valence-corrected chi connectivity index (χ2v) is 5.67. The molecule has 2 aromatic carbocycles. The number of rotatable bonds is 4. The molecule has 0 aliphatic heterocycles. The summed E-state index contributed by atoms with van der Waals surface area (Å²) >= 11 is 5.91. The third-order valence-electron chi connectivity index (χ3n) is 3.49. The molecule has 0 spiro atoms. The van der Waals surface area contributed by atoms with E-state index in [-0.39, 0.29) is 28.3 Å². The Labute approximate surface area is 147 Å². The standard InChI is InChI=1S/C17H15ClF3N3O/c1-2-13(25)24-12-7-6-11(16(22)23)15(17(19,20)21)14(12)9-4-3-5-10(18)8-9/h3-8H,2H2,1H3,(H3,22,23)(H,24,25). The van der Waals surface area contributed by atoms with Gasteiger partial charge in [-0.1, -0.05) is 30.7 Å². The van der Waals surface area contributed by atoms with Gasteiger partial charge in [-0.05, 0) is 29.8 Å². The topological polar surface area (TPSA) is 79.0 Å². The van der Waals surface area contributed by atoms with Gasteiger partial charge in [-0.3, -0.25) is 10.2 Å². The van der Waals surface area contributed by atoms with Crippen molar-refractivity contribution in [3.05, 3.63) is 52.5 Å². The lowest BCUT2D eigenvalue weighted by molar-refractivity contribution is -0.137. The normalized spacial score (nSPS) is 11.2. The van der Waals surface area contributed by atoms with Crippen LogP contribution in [0, 0.1) is 5.41 Å². The molecule has 1 amide bonds. The molecule has 0 unspecified atom stereocenters. The van der Waals surface area contributed by atoms with Crippen molar-refractivity contribution in [1.29, 1.82) is 5.41 Å². The fourth-order valence-corrected chi connectivity index (χ4v) is 2.60. The van der Waals surface area contributed by atoms with E-state index in [0.29, 0.717) is 0 Å². The smallest absolute Gasteiger partial charge is 0.384 e. The number of anilines is 1. The minimum Gasteiger partial charge on any atom is -0.384 e. The molecule has 0 bridgehead atoms. The second kappa shape index (κ2) is 7.14. The monoisotopic (exact) mass is 369 g/mol. The summed E-state index contributed by atoms with van der Waals surface area (Å²) < 4.78 is 41.3. The quantitative estimate of drug-likeness (QED) is 0.541. The highest BCUT2D eigenvalue weighted by molar-refractivity contribution is 6.30. The van der Waals surface area contributed by atoms with E-state index in [1.165, 1.54) is 30.3 Å². The maximum absolute atomic E-state index is 13.8. The van der Waals surface area contributed by atoms with Crippen LogP contribution in [0.3, 0.4) is 0 Å². The average molecular weight is 370 g/mol. The minimum absolute atomic E-state index is 0.0218. The summed E-state index contributed by atoms with van der Waals surface area (Å²) in [6, 6.07) is 8.21. The van der Waals surface area contributed by atoms with Crippen LogP contribution in [0.1, 0.15) is 24.5 Å². The van der Waals surface area contributed by atoms with Gasteiger partial charge in [0.25, 0.3) is 0 Å². The number of hydrogen-bond acceptors (Lipinski definition) is 2. The fraction of sp³-hybridized carbons (Fsp3) is 0.176. The zero-order chi connectivity index (χ0) is 18.8. The van der Waals surface area contributed by atoms with Gasteiger partial charge in [0.05, 0.1) is 5.56 Å². The maximum atomic E-state index is 13.8. The number of amides is 1. The first-order valence-electron chi connectivity index (χ1n) is 7.29. The van der Waals surface area contributed by atoms with Crippen molar-refractivity contribution >= 4 is 29.0 Å². The van der Waals surface area contributed by atoms with Gasteiger partial charge in [-0.2, -0.15) is 13.2 Å².